The topological polar surface area (TPSA) is 75.3 Å². The predicted octanol–water partition coefficient (Wildman–Crippen LogP) is 5.35. The highest BCUT2D eigenvalue weighted by Crippen LogP contribution is 2.26. The summed E-state index contributed by atoms with van der Waals surface area (Å²) < 4.78 is 27.9. The average molecular weight is 435 g/mol. The van der Waals surface area contributed by atoms with E-state index in [4.69, 9.17) is 23.2 Å². The molecule has 0 aliphatic carbocycles. The van der Waals surface area contributed by atoms with E-state index in [0.717, 1.165) is 5.56 Å². The molecule has 0 spiro atoms. The second-order valence-corrected chi connectivity index (χ2v) is 8.52. The molecule has 0 atom stereocenters. The second kappa shape index (κ2) is 8.22. The summed E-state index contributed by atoms with van der Waals surface area (Å²) in [6.07, 6.45) is 0. The van der Waals surface area contributed by atoms with Gasteiger partial charge in [0.25, 0.3) is 15.9 Å². The van der Waals surface area contributed by atoms with Gasteiger partial charge in [-0.05, 0) is 61.0 Å². The smallest absolute Gasteiger partial charge is 0.263 e. The van der Waals surface area contributed by atoms with Gasteiger partial charge in [0.05, 0.1) is 5.02 Å². The van der Waals surface area contributed by atoms with Crippen LogP contribution in [-0.4, -0.2) is 14.3 Å². The van der Waals surface area contributed by atoms with Crippen molar-refractivity contribution in [3.8, 4) is 0 Å². The first-order chi connectivity index (χ1) is 13.3. The van der Waals surface area contributed by atoms with Gasteiger partial charge in [0.15, 0.2) is 0 Å². The molecule has 0 saturated heterocycles. The first kappa shape index (κ1) is 20.2. The lowest BCUT2D eigenvalue weighted by atomic mass is 10.1. The summed E-state index contributed by atoms with van der Waals surface area (Å²) in [6, 6.07) is 17.6. The van der Waals surface area contributed by atoms with Crippen molar-refractivity contribution < 1.29 is 13.2 Å². The van der Waals surface area contributed by atoms with E-state index in [9.17, 15) is 13.2 Å². The Bertz CT molecular complexity index is 1130. The van der Waals surface area contributed by atoms with Crippen LogP contribution in [0.1, 0.15) is 15.9 Å². The molecule has 0 aliphatic rings. The normalized spacial score (nSPS) is 11.1. The summed E-state index contributed by atoms with van der Waals surface area (Å²) >= 11 is 12.0. The summed E-state index contributed by atoms with van der Waals surface area (Å²) in [5.41, 5.74) is 1.92. The summed E-state index contributed by atoms with van der Waals surface area (Å²) in [5, 5.41) is 3.32. The molecular formula is C20H16Cl2N2O3S. The third-order valence-electron chi connectivity index (χ3n) is 3.95. The highest BCUT2D eigenvalue weighted by Gasteiger charge is 2.20. The zero-order valence-corrected chi connectivity index (χ0v) is 17.1. The van der Waals surface area contributed by atoms with Gasteiger partial charge in [-0.15, -0.1) is 0 Å². The van der Waals surface area contributed by atoms with Crippen LogP contribution >= 0.6 is 23.2 Å². The molecular weight excluding hydrogens is 419 g/mol. The van der Waals surface area contributed by atoms with E-state index in [1.165, 1.54) is 18.2 Å². The van der Waals surface area contributed by atoms with E-state index in [-0.39, 0.29) is 15.5 Å². The average Bonchev–Trinajstić information content (AvgIpc) is 2.64. The van der Waals surface area contributed by atoms with Crippen LogP contribution in [0.15, 0.2) is 71.6 Å². The number of carbonyl (C=O) groups excluding carboxylic acids is 1. The highest BCUT2D eigenvalue weighted by atomic mass is 35.5. The van der Waals surface area contributed by atoms with Gasteiger partial charge in [-0.3, -0.25) is 9.52 Å². The van der Waals surface area contributed by atoms with Gasteiger partial charge in [-0.25, -0.2) is 8.42 Å². The number of para-hydroxylation sites is 1. The number of benzene rings is 3. The fourth-order valence-corrected chi connectivity index (χ4v) is 4.34. The molecule has 8 heteroatoms. The number of hydrogen-bond donors (Lipinski definition) is 2. The van der Waals surface area contributed by atoms with Gasteiger partial charge in [0, 0.05) is 22.0 Å². The Morgan fingerprint density at radius 1 is 0.929 bits per heavy atom. The van der Waals surface area contributed by atoms with Crippen LogP contribution in [0.2, 0.25) is 10.0 Å². The minimum absolute atomic E-state index is 0.0163. The van der Waals surface area contributed by atoms with Crippen molar-refractivity contribution in [3.05, 3.63) is 87.9 Å². The number of halogens is 2. The Labute approximate surface area is 173 Å². The van der Waals surface area contributed by atoms with E-state index in [1.807, 2.05) is 6.92 Å². The van der Waals surface area contributed by atoms with E-state index in [0.29, 0.717) is 16.4 Å². The molecule has 2 N–H and O–H groups in total. The summed E-state index contributed by atoms with van der Waals surface area (Å²) in [6.45, 7) is 1.81. The molecule has 1 amide bonds. The van der Waals surface area contributed by atoms with E-state index < -0.39 is 15.9 Å². The maximum atomic E-state index is 12.7. The maximum Gasteiger partial charge on any atom is 0.263 e. The van der Waals surface area contributed by atoms with Crippen molar-refractivity contribution >= 4 is 50.5 Å². The van der Waals surface area contributed by atoms with Gasteiger partial charge in [0.2, 0.25) is 0 Å². The number of rotatable bonds is 5. The van der Waals surface area contributed by atoms with Crippen LogP contribution in [0.25, 0.3) is 0 Å². The van der Waals surface area contributed by atoms with Crippen LogP contribution in [0, 0.1) is 6.92 Å². The van der Waals surface area contributed by atoms with Crippen LogP contribution in [0.4, 0.5) is 11.4 Å². The molecule has 0 heterocycles. The zero-order valence-electron chi connectivity index (χ0n) is 14.7. The molecule has 0 aliphatic heterocycles. The molecule has 3 rings (SSSR count). The predicted molar refractivity (Wildman–Crippen MR) is 113 cm³/mol. The molecule has 3 aromatic rings. The first-order valence-corrected chi connectivity index (χ1v) is 10.4. The molecule has 5 nitrogen and oxygen atoms in total. The standard InChI is InChI=1S/C20H16Cl2N2O3S/c1-13-11-15(21)8-10-18(13)23-20(25)14-7-9-17(22)19(12-14)28(26,27)24-16-5-3-2-4-6-16/h2-12,24H,1H3,(H,23,25). The largest absolute Gasteiger partial charge is 0.322 e. The summed E-state index contributed by atoms with van der Waals surface area (Å²) in [4.78, 5) is 12.4. The van der Waals surface area contributed by atoms with E-state index in [1.54, 1.807) is 48.5 Å². The zero-order chi connectivity index (χ0) is 20.3. The Kier molecular flexibility index (Phi) is 5.93. The van der Waals surface area contributed by atoms with Gasteiger partial charge < -0.3 is 5.32 Å². The molecule has 28 heavy (non-hydrogen) atoms. The lowest BCUT2D eigenvalue weighted by molar-refractivity contribution is 0.102. The number of carbonyl (C=O) groups is 1. The molecule has 0 radical (unpaired) electrons. The van der Waals surface area contributed by atoms with E-state index in [2.05, 4.69) is 10.0 Å². The Morgan fingerprint density at radius 2 is 1.64 bits per heavy atom. The van der Waals surface area contributed by atoms with Gasteiger partial charge in [0.1, 0.15) is 4.90 Å². The van der Waals surface area contributed by atoms with Crippen molar-refractivity contribution in [1.82, 2.24) is 0 Å². The molecule has 0 fully saturated rings. The van der Waals surface area contributed by atoms with Gasteiger partial charge >= 0.3 is 0 Å². The Balaban J connectivity index is 1.89. The van der Waals surface area contributed by atoms with Crippen molar-refractivity contribution in [2.24, 2.45) is 0 Å². The number of anilines is 2. The van der Waals surface area contributed by atoms with Gasteiger partial charge in [-0.2, -0.15) is 0 Å². The third-order valence-corrected chi connectivity index (χ3v) is 6.04. The number of hydrogen-bond acceptors (Lipinski definition) is 3. The molecule has 0 saturated carbocycles. The first-order valence-electron chi connectivity index (χ1n) is 8.21. The third kappa shape index (κ3) is 4.65. The quantitative estimate of drug-likeness (QED) is 0.567. The van der Waals surface area contributed by atoms with Crippen molar-refractivity contribution in [2.45, 2.75) is 11.8 Å². The minimum Gasteiger partial charge on any atom is -0.322 e. The van der Waals surface area contributed by atoms with Crippen LogP contribution < -0.4 is 10.0 Å². The molecule has 0 aromatic heterocycles. The molecule has 0 bridgehead atoms. The fraction of sp³-hybridized carbons (Fsp3) is 0.0500. The van der Waals surface area contributed by atoms with Crippen molar-refractivity contribution in [3.63, 3.8) is 0 Å². The Hall–Kier alpha value is -2.54. The molecule has 0 unspecified atom stereocenters. The van der Waals surface area contributed by atoms with Gasteiger partial charge in [-0.1, -0.05) is 41.4 Å². The second-order valence-electron chi connectivity index (χ2n) is 6.03. The summed E-state index contributed by atoms with van der Waals surface area (Å²) in [5.74, 6) is -0.460. The number of sulfonamides is 1. The lowest BCUT2D eigenvalue weighted by Gasteiger charge is -2.12. The maximum absolute atomic E-state index is 12.7. The van der Waals surface area contributed by atoms with Crippen LogP contribution in [0.5, 0.6) is 0 Å². The van der Waals surface area contributed by atoms with Crippen molar-refractivity contribution in [1.29, 1.82) is 0 Å². The highest BCUT2D eigenvalue weighted by molar-refractivity contribution is 7.92. The lowest BCUT2D eigenvalue weighted by Crippen LogP contribution is -2.16. The molecule has 3 aromatic carbocycles. The molecule has 144 valence electrons. The number of amides is 1. The fourth-order valence-electron chi connectivity index (χ4n) is 2.53. The SMILES string of the molecule is Cc1cc(Cl)ccc1NC(=O)c1ccc(Cl)c(S(=O)(=O)Nc2ccccc2)c1. The van der Waals surface area contributed by atoms with Crippen LogP contribution in [0.3, 0.4) is 0 Å². The van der Waals surface area contributed by atoms with Crippen LogP contribution in [-0.2, 0) is 10.0 Å². The number of nitrogens with one attached hydrogen (secondary N) is 2. The number of aryl methyl sites for hydroxylation is 1. The van der Waals surface area contributed by atoms with Crippen molar-refractivity contribution in [2.75, 3.05) is 10.0 Å². The Morgan fingerprint density at radius 3 is 2.32 bits per heavy atom. The monoisotopic (exact) mass is 434 g/mol. The minimum atomic E-state index is -3.97. The van der Waals surface area contributed by atoms with E-state index >= 15 is 0 Å². The summed E-state index contributed by atoms with van der Waals surface area (Å²) in [7, 11) is -3.97.